The number of hydrogen-bond donors (Lipinski definition) is 1. The zero-order valence-corrected chi connectivity index (χ0v) is 14.3. The summed E-state index contributed by atoms with van der Waals surface area (Å²) in [5, 5.41) is 8.92. The van der Waals surface area contributed by atoms with E-state index in [0.29, 0.717) is 5.56 Å². The van der Waals surface area contributed by atoms with E-state index in [9.17, 15) is 4.79 Å². The number of hydrogen-bond acceptors (Lipinski definition) is 2. The van der Waals surface area contributed by atoms with Crippen LogP contribution in [-0.2, 0) is 11.2 Å². The SMILES string of the molecule is CCCCOCC1CCC(CCc2ccc(C(=O)O)cc2)CC1. The number of ether oxygens (including phenoxy) is 1. The van der Waals surface area contributed by atoms with Crippen LogP contribution in [0.25, 0.3) is 0 Å². The smallest absolute Gasteiger partial charge is 0.335 e. The quantitative estimate of drug-likeness (QED) is 0.656. The standard InChI is InChI=1S/C20H30O3/c1-2-3-14-23-15-18-8-6-16(7-9-18)4-5-17-10-12-19(13-11-17)20(21)22/h10-13,16,18H,2-9,14-15H2,1H3,(H,21,22). The molecule has 1 aliphatic rings. The summed E-state index contributed by atoms with van der Waals surface area (Å²) in [4.78, 5) is 10.8. The summed E-state index contributed by atoms with van der Waals surface area (Å²) < 4.78 is 5.76. The van der Waals surface area contributed by atoms with Crippen LogP contribution in [0.4, 0.5) is 0 Å². The van der Waals surface area contributed by atoms with Gasteiger partial charge in [-0.1, -0.05) is 38.3 Å². The molecule has 0 radical (unpaired) electrons. The van der Waals surface area contributed by atoms with Crippen LogP contribution in [0, 0.1) is 11.8 Å². The Balaban J connectivity index is 1.63. The molecule has 0 amide bonds. The Morgan fingerprint density at radius 2 is 1.78 bits per heavy atom. The van der Waals surface area contributed by atoms with Crippen LogP contribution in [-0.4, -0.2) is 24.3 Å². The fourth-order valence-corrected chi connectivity index (χ4v) is 3.37. The van der Waals surface area contributed by atoms with Crippen molar-refractivity contribution in [3.8, 4) is 0 Å². The molecule has 0 heterocycles. The Morgan fingerprint density at radius 3 is 2.39 bits per heavy atom. The lowest BCUT2D eigenvalue weighted by Crippen LogP contribution is -2.19. The van der Waals surface area contributed by atoms with Crippen LogP contribution in [0.2, 0.25) is 0 Å². The second kappa shape index (κ2) is 9.71. The minimum atomic E-state index is -0.851. The van der Waals surface area contributed by atoms with Gasteiger partial charge in [0.25, 0.3) is 0 Å². The van der Waals surface area contributed by atoms with Crippen molar-refractivity contribution in [3.05, 3.63) is 35.4 Å². The van der Waals surface area contributed by atoms with E-state index in [0.717, 1.165) is 31.5 Å². The first-order valence-electron chi connectivity index (χ1n) is 9.09. The summed E-state index contributed by atoms with van der Waals surface area (Å²) in [5.74, 6) is 0.732. The molecule has 23 heavy (non-hydrogen) atoms. The van der Waals surface area contributed by atoms with Gasteiger partial charge in [-0.2, -0.15) is 0 Å². The molecule has 3 heteroatoms. The molecule has 128 valence electrons. The maximum atomic E-state index is 10.8. The number of carboxylic acids is 1. The van der Waals surface area contributed by atoms with E-state index in [-0.39, 0.29) is 0 Å². The van der Waals surface area contributed by atoms with Gasteiger partial charge in [0.05, 0.1) is 5.56 Å². The van der Waals surface area contributed by atoms with E-state index in [4.69, 9.17) is 9.84 Å². The average molecular weight is 318 g/mol. The van der Waals surface area contributed by atoms with E-state index < -0.39 is 5.97 Å². The van der Waals surface area contributed by atoms with E-state index in [1.54, 1.807) is 12.1 Å². The summed E-state index contributed by atoms with van der Waals surface area (Å²) in [6, 6.07) is 7.33. The van der Waals surface area contributed by atoms with Crippen molar-refractivity contribution in [2.75, 3.05) is 13.2 Å². The predicted molar refractivity (Wildman–Crippen MR) is 92.9 cm³/mol. The normalized spacial score (nSPS) is 21.3. The van der Waals surface area contributed by atoms with Crippen molar-refractivity contribution in [1.29, 1.82) is 0 Å². The van der Waals surface area contributed by atoms with E-state index in [1.165, 1.54) is 50.5 Å². The van der Waals surface area contributed by atoms with E-state index in [1.807, 2.05) is 12.1 Å². The Hall–Kier alpha value is -1.35. The van der Waals surface area contributed by atoms with Crippen LogP contribution in [0.1, 0.15) is 67.8 Å². The fourth-order valence-electron chi connectivity index (χ4n) is 3.37. The molecule has 0 bridgehead atoms. The van der Waals surface area contributed by atoms with Gasteiger partial charge in [0.2, 0.25) is 0 Å². The summed E-state index contributed by atoms with van der Waals surface area (Å²) in [5.41, 5.74) is 1.62. The fraction of sp³-hybridized carbons (Fsp3) is 0.650. The Kier molecular flexibility index (Phi) is 7.60. The molecule has 0 spiro atoms. The van der Waals surface area contributed by atoms with Crippen molar-refractivity contribution >= 4 is 5.97 Å². The third-order valence-corrected chi connectivity index (χ3v) is 5.00. The molecular formula is C20H30O3. The van der Waals surface area contributed by atoms with Crippen molar-refractivity contribution in [2.45, 2.75) is 58.3 Å². The molecule has 0 aromatic heterocycles. The van der Waals surface area contributed by atoms with Crippen LogP contribution >= 0.6 is 0 Å². The summed E-state index contributed by atoms with van der Waals surface area (Å²) in [7, 11) is 0. The first kappa shape index (κ1) is 18.0. The number of aromatic carboxylic acids is 1. The minimum Gasteiger partial charge on any atom is -0.478 e. The molecule has 0 unspecified atom stereocenters. The maximum Gasteiger partial charge on any atom is 0.335 e. The number of unbranched alkanes of at least 4 members (excludes halogenated alkanes) is 1. The van der Waals surface area contributed by atoms with Crippen LogP contribution in [0.15, 0.2) is 24.3 Å². The third-order valence-electron chi connectivity index (χ3n) is 5.00. The molecular weight excluding hydrogens is 288 g/mol. The number of rotatable bonds is 9. The molecule has 0 saturated heterocycles. The van der Waals surface area contributed by atoms with Gasteiger partial charge in [0.1, 0.15) is 0 Å². The maximum absolute atomic E-state index is 10.8. The molecule has 0 atom stereocenters. The molecule has 1 aromatic carbocycles. The molecule has 1 N–H and O–H groups in total. The highest BCUT2D eigenvalue weighted by atomic mass is 16.5. The van der Waals surface area contributed by atoms with Gasteiger partial charge in [0, 0.05) is 13.2 Å². The Morgan fingerprint density at radius 1 is 1.13 bits per heavy atom. The van der Waals surface area contributed by atoms with Gasteiger partial charge >= 0.3 is 5.97 Å². The first-order valence-corrected chi connectivity index (χ1v) is 9.09. The van der Waals surface area contributed by atoms with Gasteiger partial charge < -0.3 is 9.84 Å². The number of benzene rings is 1. The average Bonchev–Trinajstić information content (AvgIpc) is 2.58. The summed E-state index contributed by atoms with van der Waals surface area (Å²) >= 11 is 0. The van der Waals surface area contributed by atoms with Crippen molar-refractivity contribution in [1.82, 2.24) is 0 Å². The Labute approximate surface area is 140 Å². The monoisotopic (exact) mass is 318 g/mol. The lowest BCUT2D eigenvalue weighted by molar-refractivity contribution is 0.0696. The van der Waals surface area contributed by atoms with Crippen molar-refractivity contribution < 1.29 is 14.6 Å². The second-order valence-corrected chi connectivity index (χ2v) is 6.86. The molecule has 1 aliphatic carbocycles. The zero-order chi connectivity index (χ0) is 16.5. The lowest BCUT2D eigenvalue weighted by Gasteiger charge is -2.28. The molecule has 1 fully saturated rings. The second-order valence-electron chi connectivity index (χ2n) is 6.86. The molecule has 1 saturated carbocycles. The lowest BCUT2D eigenvalue weighted by atomic mass is 9.80. The van der Waals surface area contributed by atoms with Crippen molar-refractivity contribution in [2.24, 2.45) is 11.8 Å². The van der Waals surface area contributed by atoms with Crippen LogP contribution in [0.5, 0.6) is 0 Å². The predicted octanol–water partition coefficient (Wildman–Crippen LogP) is 4.94. The van der Waals surface area contributed by atoms with E-state index >= 15 is 0 Å². The zero-order valence-electron chi connectivity index (χ0n) is 14.3. The van der Waals surface area contributed by atoms with Gasteiger partial charge in [-0.25, -0.2) is 4.79 Å². The molecule has 1 aromatic rings. The van der Waals surface area contributed by atoms with Gasteiger partial charge in [0.15, 0.2) is 0 Å². The van der Waals surface area contributed by atoms with Gasteiger partial charge in [-0.05, 0) is 61.6 Å². The number of carbonyl (C=O) groups is 1. The summed E-state index contributed by atoms with van der Waals surface area (Å²) in [6.45, 7) is 4.07. The third kappa shape index (κ3) is 6.34. The molecule has 2 rings (SSSR count). The highest BCUT2D eigenvalue weighted by Gasteiger charge is 2.21. The molecule has 0 aliphatic heterocycles. The largest absolute Gasteiger partial charge is 0.478 e. The van der Waals surface area contributed by atoms with E-state index in [2.05, 4.69) is 6.92 Å². The van der Waals surface area contributed by atoms with Gasteiger partial charge in [-0.15, -0.1) is 0 Å². The summed E-state index contributed by atoms with van der Waals surface area (Å²) in [6.07, 6.45) is 9.89. The first-order chi connectivity index (χ1) is 11.2. The number of aryl methyl sites for hydroxylation is 1. The van der Waals surface area contributed by atoms with Crippen molar-refractivity contribution in [3.63, 3.8) is 0 Å². The number of carboxylic acid groups (broad SMARTS) is 1. The minimum absolute atomic E-state index is 0.373. The Bertz CT molecular complexity index is 458. The van der Waals surface area contributed by atoms with Gasteiger partial charge in [-0.3, -0.25) is 0 Å². The van der Waals surface area contributed by atoms with Crippen LogP contribution in [0.3, 0.4) is 0 Å². The highest BCUT2D eigenvalue weighted by Crippen LogP contribution is 2.31. The molecule has 3 nitrogen and oxygen atoms in total. The van der Waals surface area contributed by atoms with Crippen LogP contribution < -0.4 is 0 Å². The topological polar surface area (TPSA) is 46.5 Å². The highest BCUT2D eigenvalue weighted by molar-refractivity contribution is 5.87.